The first-order valence-electron chi connectivity index (χ1n) is 7.39. The summed E-state index contributed by atoms with van der Waals surface area (Å²) in [5, 5.41) is 0. The van der Waals surface area contributed by atoms with Crippen molar-refractivity contribution < 1.29 is 9.13 Å². The molecule has 110 valence electrons. The van der Waals surface area contributed by atoms with Crippen LogP contribution in [0.4, 0.5) is 4.39 Å². The van der Waals surface area contributed by atoms with Crippen LogP contribution in [0.15, 0.2) is 12.1 Å². The summed E-state index contributed by atoms with van der Waals surface area (Å²) in [4.78, 5) is 0. The Labute approximate surface area is 118 Å². The van der Waals surface area contributed by atoms with Crippen LogP contribution in [-0.4, -0.2) is 6.61 Å². The molecule has 2 heteroatoms. The highest BCUT2D eigenvalue weighted by Crippen LogP contribution is 2.29. The minimum absolute atomic E-state index is 0.101. The lowest BCUT2D eigenvalue weighted by atomic mass is 9.97. The van der Waals surface area contributed by atoms with E-state index >= 15 is 0 Å². The Kier molecular flexibility index (Phi) is 9.50. The monoisotopic (exact) mass is 268 g/mol. The molecular formula is C17H29FO. The third kappa shape index (κ3) is 6.20. The average molecular weight is 268 g/mol. The van der Waals surface area contributed by atoms with Crippen LogP contribution in [0.25, 0.3) is 0 Å². The Morgan fingerprint density at radius 2 is 1.68 bits per heavy atom. The van der Waals surface area contributed by atoms with Gasteiger partial charge in [0.25, 0.3) is 0 Å². The van der Waals surface area contributed by atoms with Crippen LogP contribution in [0, 0.1) is 19.7 Å². The van der Waals surface area contributed by atoms with Gasteiger partial charge in [-0.1, -0.05) is 39.7 Å². The SMILES string of the molecule is CCC.CCCC(OCC)c1c(C)cc(C)cc1F. The highest BCUT2D eigenvalue weighted by molar-refractivity contribution is 5.33. The fraction of sp³-hybridized carbons (Fsp3) is 0.647. The summed E-state index contributed by atoms with van der Waals surface area (Å²) in [6.45, 7) is 12.8. The van der Waals surface area contributed by atoms with Crippen molar-refractivity contribution in [3.05, 3.63) is 34.6 Å². The molecule has 0 N–H and O–H groups in total. The minimum Gasteiger partial charge on any atom is -0.374 e. The average Bonchev–Trinajstić information content (AvgIpc) is 2.29. The summed E-state index contributed by atoms with van der Waals surface area (Å²) in [5.41, 5.74) is 2.68. The Bertz CT molecular complexity index is 331. The fourth-order valence-corrected chi connectivity index (χ4v) is 2.11. The van der Waals surface area contributed by atoms with Gasteiger partial charge < -0.3 is 4.74 Å². The van der Waals surface area contributed by atoms with E-state index in [0.29, 0.717) is 6.61 Å². The Hall–Kier alpha value is -0.890. The highest BCUT2D eigenvalue weighted by atomic mass is 19.1. The number of aryl methyl sites for hydroxylation is 2. The lowest BCUT2D eigenvalue weighted by Gasteiger charge is -2.20. The number of ether oxygens (including phenoxy) is 1. The summed E-state index contributed by atoms with van der Waals surface area (Å²) in [7, 11) is 0. The third-order valence-corrected chi connectivity index (χ3v) is 2.72. The van der Waals surface area contributed by atoms with E-state index in [1.54, 1.807) is 6.07 Å². The van der Waals surface area contributed by atoms with Gasteiger partial charge in [-0.25, -0.2) is 4.39 Å². The number of halogens is 1. The molecule has 0 bridgehead atoms. The molecule has 1 atom stereocenters. The predicted molar refractivity (Wildman–Crippen MR) is 81.1 cm³/mol. The number of hydrogen-bond donors (Lipinski definition) is 0. The first-order chi connectivity index (χ1) is 9.01. The summed E-state index contributed by atoms with van der Waals surface area (Å²) in [6, 6.07) is 3.60. The van der Waals surface area contributed by atoms with Crippen molar-refractivity contribution in [1.82, 2.24) is 0 Å². The van der Waals surface area contributed by atoms with Crippen molar-refractivity contribution in [3.63, 3.8) is 0 Å². The second kappa shape index (κ2) is 9.96. The first-order valence-corrected chi connectivity index (χ1v) is 7.39. The van der Waals surface area contributed by atoms with E-state index in [2.05, 4.69) is 20.8 Å². The second-order valence-electron chi connectivity index (χ2n) is 4.92. The minimum atomic E-state index is -0.135. The van der Waals surface area contributed by atoms with Crippen molar-refractivity contribution in [1.29, 1.82) is 0 Å². The van der Waals surface area contributed by atoms with Crippen molar-refractivity contribution in [2.24, 2.45) is 0 Å². The Morgan fingerprint density at radius 3 is 2.11 bits per heavy atom. The molecule has 1 aromatic carbocycles. The molecule has 0 spiro atoms. The molecule has 0 aromatic heterocycles. The van der Waals surface area contributed by atoms with Crippen molar-refractivity contribution >= 4 is 0 Å². The molecular weight excluding hydrogens is 239 g/mol. The molecule has 0 fully saturated rings. The van der Waals surface area contributed by atoms with Gasteiger partial charge in [-0.15, -0.1) is 0 Å². The molecule has 0 radical (unpaired) electrons. The van der Waals surface area contributed by atoms with Crippen LogP contribution in [0.5, 0.6) is 0 Å². The highest BCUT2D eigenvalue weighted by Gasteiger charge is 2.17. The van der Waals surface area contributed by atoms with E-state index < -0.39 is 0 Å². The predicted octanol–water partition coefficient (Wildman–Crippen LogP) is 5.74. The standard InChI is InChI=1S/C14H21FO.C3H8/c1-5-7-13(16-6-2)14-11(4)8-10(3)9-12(14)15;1-3-2/h8-9,13H,5-7H2,1-4H3;3H2,1-2H3. The number of benzene rings is 1. The number of hydrogen-bond acceptors (Lipinski definition) is 1. The zero-order valence-corrected chi connectivity index (χ0v) is 13.3. The van der Waals surface area contributed by atoms with Crippen LogP contribution in [0.2, 0.25) is 0 Å². The fourth-order valence-electron chi connectivity index (χ4n) is 2.11. The molecule has 0 aliphatic carbocycles. The van der Waals surface area contributed by atoms with Gasteiger partial charge in [-0.2, -0.15) is 0 Å². The molecule has 0 aliphatic rings. The van der Waals surface area contributed by atoms with Gasteiger partial charge in [0.1, 0.15) is 5.82 Å². The van der Waals surface area contributed by atoms with E-state index in [1.807, 2.05) is 26.8 Å². The van der Waals surface area contributed by atoms with E-state index in [1.165, 1.54) is 6.42 Å². The van der Waals surface area contributed by atoms with Gasteiger partial charge in [0, 0.05) is 12.2 Å². The molecule has 1 nitrogen and oxygen atoms in total. The first kappa shape index (κ1) is 18.1. The van der Waals surface area contributed by atoms with Crippen LogP contribution in [0.3, 0.4) is 0 Å². The molecule has 1 aromatic rings. The summed E-state index contributed by atoms with van der Waals surface area (Å²) >= 11 is 0. The molecule has 1 rings (SSSR count). The van der Waals surface area contributed by atoms with E-state index in [9.17, 15) is 4.39 Å². The quantitative estimate of drug-likeness (QED) is 0.662. The molecule has 0 heterocycles. The van der Waals surface area contributed by atoms with Gasteiger partial charge in [0.2, 0.25) is 0 Å². The van der Waals surface area contributed by atoms with Crippen LogP contribution >= 0.6 is 0 Å². The number of rotatable bonds is 5. The van der Waals surface area contributed by atoms with Crippen LogP contribution in [0.1, 0.15) is 69.8 Å². The molecule has 0 saturated carbocycles. The van der Waals surface area contributed by atoms with Gasteiger partial charge in [-0.05, 0) is 44.4 Å². The van der Waals surface area contributed by atoms with Crippen molar-refractivity contribution in [2.45, 2.75) is 66.9 Å². The maximum atomic E-state index is 13.9. The smallest absolute Gasteiger partial charge is 0.129 e. The van der Waals surface area contributed by atoms with E-state index in [4.69, 9.17) is 4.74 Å². The van der Waals surface area contributed by atoms with Gasteiger partial charge >= 0.3 is 0 Å². The van der Waals surface area contributed by atoms with Crippen molar-refractivity contribution in [3.8, 4) is 0 Å². The Morgan fingerprint density at radius 1 is 1.11 bits per heavy atom. The Balaban J connectivity index is 0.000000982. The lowest BCUT2D eigenvalue weighted by Crippen LogP contribution is -2.09. The second-order valence-corrected chi connectivity index (χ2v) is 4.92. The van der Waals surface area contributed by atoms with Gasteiger partial charge in [-0.3, -0.25) is 0 Å². The largest absolute Gasteiger partial charge is 0.374 e. The van der Waals surface area contributed by atoms with E-state index in [0.717, 1.165) is 29.5 Å². The molecule has 19 heavy (non-hydrogen) atoms. The van der Waals surface area contributed by atoms with Gasteiger partial charge in [0.15, 0.2) is 0 Å². The summed E-state index contributed by atoms with van der Waals surface area (Å²) in [5.74, 6) is -0.135. The molecule has 0 saturated heterocycles. The maximum absolute atomic E-state index is 13.9. The molecule has 1 unspecified atom stereocenters. The van der Waals surface area contributed by atoms with E-state index in [-0.39, 0.29) is 11.9 Å². The third-order valence-electron chi connectivity index (χ3n) is 2.72. The zero-order chi connectivity index (χ0) is 14.8. The normalized spacial score (nSPS) is 11.7. The zero-order valence-electron chi connectivity index (χ0n) is 13.3. The molecule has 0 amide bonds. The lowest BCUT2D eigenvalue weighted by molar-refractivity contribution is 0.0527. The van der Waals surface area contributed by atoms with Crippen molar-refractivity contribution in [2.75, 3.05) is 6.61 Å². The summed E-state index contributed by atoms with van der Waals surface area (Å²) < 4.78 is 19.6. The van der Waals surface area contributed by atoms with Crippen LogP contribution in [-0.2, 0) is 4.74 Å². The molecule has 0 aliphatic heterocycles. The summed E-state index contributed by atoms with van der Waals surface area (Å²) in [6.07, 6.45) is 3.02. The van der Waals surface area contributed by atoms with Crippen LogP contribution < -0.4 is 0 Å². The topological polar surface area (TPSA) is 9.23 Å². The maximum Gasteiger partial charge on any atom is 0.129 e. The van der Waals surface area contributed by atoms with Gasteiger partial charge in [0.05, 0.1) is 6.10 Å².